The second-order valence-corrected chi connectivity index (χ2v) is 6.01. The highest BCUT2D eigenvalue weighted by molar-refractivity contribution is 7.21. The number of fused-ring (bicyclic) bond motifs is 3. The maximum Gasteiger partial charge on any atom is 0.261 e. The molecular formula is C16H16N2O3S. The predicted molar refractivity (Wildman–Crippen MR) is 88.8 cm³/mol. The number of aromatic amines is 1. The van der Waals surface area contributed by atoms with Gasteiger partial charge in [0.25, 0.3) is 11.5 Å². The molecule has 0 radical (unpaired) electrons. The van der Waals surface area contributed by atoms with E-state index >= 15 is 0 Å². The molecule has 0 aliphatic carbocycles. The molecule has 2 aromatic heterocycles. The predicted octanol–water partition coefficient (Wildman–Crippen LogP) is 2.51. The van der Waals surface area contributed by atoms with Crippen molar-refractivity contribution in [1.82, 2.24) is 10.3 Å². The number of aromatic nitrogens is 1. The number of carbonyl (C=O) groups is 1. The lowest BCUT2D eigenvalue weighted by molar-refractivity contribution is 0.0952. The van der Waals surface area contributed by atoms with Crippen LogP contribution in [-0.2, 0) is 4.74 Å². The van der Waals surface area contributed by atoms with Crippen LogP contribution in [0.2, 0.25) is 0 Å². The number of carbonyl (C=O) groups excluding carboxylic acids is 1. The van der Waals surface area contributed by atoms with Gasteiger partial charge in [0, 0.05) is 35.9 Å². The molecule has 3 aromatic rings. The van der Waals surface area contributed by atoms with Crippen LogP contribution in [0, 0.1) is 0 Å². The van der Waals surface area contributed by atoms with E-state index in [1.54, 1.807) is 13.2 Å². The van der Waals surface area contributed by atoms with Crippen LogP contribution in [0.4, 0.5) is 0 Å². The summed E-state index contributed by atoms with van der Waals surface area (Å²) >= 11 is 1.35. The van der Waals surface area contributed by atoms with Gasteiger partial charge >= 0.3 is 0 Å². The van der Waals surface area contributed by atoms with Crippen molar-refractivity contribution in [2.75, 3.05) is 20.3 Å². The number of ether oxygens (including phenoxy) is 1. The van der Waals surface area contributed by atoms with Gasteiger partial charge in [0.05, 0.1) is 10.3 Å². The van der Waals surface area contributed by atoms with Crippen molar-refractivity contribution in [3.8, 4) is 0 Å². The van der Waals surface area contributed by atoms with Crippen molar-refractivity contribution in [2.45, 2.75) is 6.42 Å². The lowest BCUT2D eigenvalue weighted by atomic mass is 10.2. The topological polar surface area (TPSA) is 71.2 Å². The molecule has 1 aromatic carbocycles. The maximum absolute atomic E-state index is 12.2. The fourth-order valence-electron chi connectivity index (χ4n) is 2.36. The van der Waals surface area contributed by atoms with Crippen molar-refractivity contribution in [1.29, 1.82) is 0 Å². The average Bonchev–Trinajstić information content (AvgIpc) is 2.98. The fraction of sp³-hybridized carbons (Fsp3) is 0.250. The zero-order chi connectivity index (χ0) is 15.5. The first-order valence-corrected chi connectivity index (χ1v) is 7.84. The Labute approximate surface area is 130 Å². The monoisotopic (exact) mass is 316 g/mol. The molecule has 2 heterocycles. The Morgan fingerprint density at radius 3 is 2.95 bits per heavy atom. The Morgan fingerprint density at radius 1 is 1.32 bits per heavy atom. The van der Waals surface area contributed by atoms with Gasteiger partial charge in [0.1, 0.15) is 0 Å². The third kappa shape index (κ3) is 2.75. The lowest BCUT2D eigenvalue weighted by Gasteiger charge is -2.02. The lowest BCUT2D eigenvalue weighted by Crippen LogP contribution is -2.24. The van der Waals surface area contributed by atoms with E-state index in [1.807, 2.05) is 24.3 Å². The summed E-state index contributed by atoms with van der Waals surface area (Å²) in [6.07, 6.45) is 0.761. The van der Waals surface area contributed by atoms with Gasteiger partial charge < -0.3 is 15.0 Å². The Hall–Kier alpha value is -2.18. The van der Waals surface area contributed by atoms with Crippen LogP contribution in [0.15, 0.2) is 35.1 Å². The summed E-state index contributed by atoms with van der Waals surface area (Å²) in [7, 11) is 1.63. The maximum atomic E-state index is 12.2. The number of thiophene rings is 1. The fourth-order valence-corrected chi connectivity index (χ4v) is 3.47. The van der Waals surface area contributed by atoms with Crippen LogP contribution >= 0.6 is 11.3 Å². The number of hydrogen-bond acceptors (Lipinski definition) is 4. The van der Waals surface area contributed by atoms with Crippen molar-refractivity contribution in [3.05, 3.63) is 45.6 Å². The van der Waals surface area contributed by atoms with E-state index < -0.39 is 0 Å². The number of amides is 1. The van der Waals surface area contributed by atoms with E-state index in [0.717, 1.165) is 22.0 Å². The van der Waals surface area contributed by atoms with E-state index in [9.17, 15) is 9.59 Å². The van der Waals surface area contributed by atoms with E-state index in [1.165, 1.54) is 11.3 Å². The summed E-state index contributed by atoms with van der Waals surface area (Å²) in [6, 6.07) is 9.27. The van der Waals surface area contributed by atoms with E-state index in [2.05, 4.69) is 10.3 Å². The minimum absolute atomic E-state index is 0.152. The number of pyridine rings is 1. The second-order valence-electron chi connectivity index (χ2n) is 4.96. The van der Waals surface area contributed by atoms with Gasteiger partial charge in [0.2, 0.25) is 0 Å². The summed E-state index contributed by atoms with van der Waals surface area (Å²) in [5, 5.41) is 4.36. The van der Waals surface area contributed by atoms with Gasteiger partial charge in [-0.25, -0.2) is 0 Å². The number of para-hydroxylation sites is 1. The number of rotatable bonds is 5. The van der Waals surface area contributed by atoms with E-state index in [0.29, 0.717) is 23.4 Å². The first-order valence-electron chi connectivity index (χ1n) is 7.02. The molecule has 5 nitrogen and oxygen atoms in total. The van der Waals surface area contributed by atoms with Gasteiger partial charge in [-0.05, 0) is 18.6 Å². The number of methoxy groups -OCH3 is 1. The van der Waals surface area contributed by atoms with Crippen LogP contribution in [0.3, 0.4) is 0 Å². The van der Waals surface area contributed by atoms with Crippen LogP contribution in [-0.4, -0.2) is 31.2 Å². The molecule has 0 spiro atoms. The normalized spacial score (nSPS) is 11.1. The first kappa shape index (κ1) is 14.7. The average molecular weight is 316 g/mol. The summed E-state index contributed by atoms with van der Waals surface area (Å²) in [5.41, 5.74) is 0.622. The van der Waals surface area contributed by atoms with E-state index in [-0.39, 0.29) is 11.5 Å². The second kappa shape index (κ2) is 6.29. The van der Waals surface area contributed by atoms with Crippen LogP contribution in [0.1, 0.15) is 16.1 Å². The molecule has 0 unspecified atom stereocenters. The van der Waals surface area contributed by atoms with Crippen molar-refractivity contribution in [3.63, 3.8) is 0 Å². The van der Waals surface area contributed by atoms with Gasteiger partial charge in [-0.2, -0.15) is 0 Å². The quantitative estimate of drug-likeness (QED) is 0.711. The highest BCUT2D eigenvalue weighted by Gasteiger charge is 2.14. The molecule has 0 bridgehead atoms. The molecule has 0 atom stereocenters. The third-order valence-electron chi connectivity index (χ3n) is 3.43. The van der Waals surface area contributed by atoms with Crippen molar-refractivity contribution < 1.29 is 9.53 Å². The molecule has 22 heavy (non-hydrogen) atoms. The summed E-state index contributed by atoms with van der Waals surface area (Å²) < 4.78 is 5.80. The number of hydrogen-bond donors (Lipinski definition) is 2. The smallest absolute Gasteiger partial charge is 0.261 e. The highest BCUT2D eigenvalue weighted by Crippen LogP contribution is 2.29. The molecule has 114 valence electrons. The zero-order valence-electron chi connectivity index (χ0n) is 12.1. The molecule has 0 saturated heterocycles. The molecular weight excluding hydrogens is 300 g/mol. The third-order valence-corrected chi connectivity index (χ3v) is 4.60. The highest BCUT2D eigenvalue weighted by atomic mass is 32.1. The van der Waals surface area contributed by atoms with Gasteiger partial charge in [0.15, 0.2) is 0 Å². The van der Waals surface area contributed by atoms with Crippen LogP contribution in [0.25, 0.3) is 21.0 Å². The standard InChI is InChI=1S/C16H16N2O3S/c1-21-8-4-7-17-16(20)13-9-11-14(22-13)10-5-2-3-6-12(10)18-15(11)19/h2-3,5-6,9H,4,7-8H2,1H3,(H,17,20)(H,18,19). The molecule has 0 aliphatic heterocycles. The Morgan fingerprint density at radius 2 is 2.14 bits per heavy atom. The Bertz CT molecular complexity index is 882. The first-order chi connectivity index (χ1) is 10.7. The van der Waals surface area contributed by atoms with Gasteiger partial charge in [-0.3, -0.25) is 9.59 Å². The van der Waals surface area contributed by atoms with E-state index in [4.69, 9.17) is 4.74 Å². The summed E-state index contributed by atoms with van der Waals surface area (Å²) in [6.45, 7) is 1.16. The number of H-pyrrole nitrogens is 1. The Balaban J connectivity index is 1.96. The summed E-state index contributed by atoms with van der Waals surface area (Å²) in [4.78, 5) is 27.7. The molecule has 2 N–H and O–H groups in total. The minimum atomic E-state index is -0.164. The molecule has 0 fully saturated rings. The van der Waals surface area contributed by atoms with Gasteiger partial charge in [-0.15, -0.1) is 11.3 Å². The minimum Gasteiger partial charge on any atom is -0.385 e. The molecule has 6 heteroatoms. The number of benzene rings is 1. The van der Waals surface area contributed by atoms with Crippen molar-refractivity contribution >= 4 is 38.2 Å². The molecule has 0 saturated carbocycles. The van der Waals surface area contributed by atoms with Crippen LogP contribution in [0.5, 0.6) is 0 Å². The van der Waals surface area contributed by atoms with Crippen LogP contribution < -0.4 is 10.9 Å². The van der Waals surface area contributed by atoms with Gasteiger partial charge in [-0.1, -0.05) is 18.2 Å². The molecule has 1 amide bonds. The molecule has 3 rings (SSSR count). The van der Waals surface area contributed by atoms with Crippen molar-refractivity contribution in [2.24, 2.45) is 0 Å². The molecule has 0 aliphatic rings. The number of nitrogens with one attached hydrogen (secondary N) is 2. The SMILES string of the molecule is COCCCNC(=O)c1cc2c(=O)[nH]c3ccccc3c2s1. The zero-order valence-corrected chi connectivity index (χ0v) is 13.0. The largest absolute Gasteiger partial charge is 0.385 e. The summed E-state index contributed by atoms with van der Waals surface area (Å²) in [5.74, 6) is -0.152. The Kier molecular flexibility index (Phi) is 4.22.